The van der Waals surface area contributed by atoms with Gasteiger partial charge in [-0.15, -0.1) is 0 Å². The molecule has 0 unspecified atom stereocenters. The number of halogens is 1. The Kier molecular flexibility index (Phi) is 6.40. The number of aryl methyl sites for hydroxylation is 1. The average Bonchev–Trinajstić information content (AvgIpc) is 3.33. The summed E-state index contributed by atoms with van der Waals surface area (Å²) in [7, 11) is 0. The standard InChI is InChI=1S/C33H27BrN6O/c1-3-41-28-19-10-8-17-26(28)36-31-33-37-32-29(21(2)38-40(32)24-14-5-4-6-15-24)30(22-12-11-13-23(34)20-22)39(33)27-18-9-7-16-25(27)35-31/h4-20,30H,3H2,1-2H3,(H,35,36)/t30-/m0/s1. The van der Waals surface area contributed by atoms with Crippen LogP contribution in [0, 0.1) is 6.92 Å². The SMILES string of the molecule is CCOc1ccccc1NC1=Nc2ccccc2N2C1=Nc1c(c(C)nn1-c1ccccc1)[C@@H]2c1cccc(Br)c1. The first-order valence-electron chi connectivity index (χ1n) is 13.6. The summed E-state index contributed by atoms with van der Waals surface area (Å²) in [6.45, 7) is 4.60. The maximum absolute atomic E-state index is 5.93. The summed E-state index contributed by atoms with van der Waals surface area (Å²) >= 11 is 3.71. The Morgan fingerprint density at radius 1 is 0.878 bits per heavy atom. The number of fused-ring (bicyclic) bond motifs is 4. The zero-order chi connectivity index (χ0) is 27.9. The summed E-state index contributed by atoms with van der Waals surface area (Å²) in [6, 6.07) is 34.5. The normalized spacial score (nSPS) is 15.3. The molecule has 0 saturated carbocycles. The molecule has 5 aromatic rings. The van der Waals surface area contributed by atoms with Crippen molar-refractivity contribution in [3.05, 3.63) is 124 Å². The van der Waals surface area contributed by atoms with E-state index in [0.29, 0.717) is 18.3 Å². The second-order valence-electron chi connectivity index (χ2n) is 9.84. The molecule has 0 saturated heterocycles. The van der Waals surface area contributed by atoms with Crippen LogP contribution in [0.4, 0.5) is 22.9 Å². The first kappa shape index (κ1) is 25.3. The largest absolute Gasteiger partial charge is 0.492 e. The van der Waals surface area contributed by atoms with Gasteiger partial charge in [0.2, 0.25) is 0 Å². The topological polar surface area (TPSA) is 67.0 Å². The number of rotatable bonds is 5. The third-order valence-electron chi connectivity index (χ3n) is 7.24. The minimum Gasteiger partial charge on any atom is -0.492 e. The van der Waals surface area contributed by atoms with E-state index in [1.54, 1.807) is 0 Å². The molecule has 1 N–H and O–H groups in total. The van der Waals surface area contributed by atoms with Crippen LogP contribution in [0.15, 0.2) is 118 Å². The number of nitrogens with one attached hydrogen (secondary N) is 1. The summed E-state index contributed by atoms with van der Waals surface area (Å²) in [5, 5.41) is 8.58. The molecule has 41 heavy (non-hydrogen) atoms. The highest BCUT2D eigenvalue weighted by molar-refractivity contribution is 9.10. The van der Waals surface area contributed by atoms with Crippen molar-refractivity contribution in [3.63, 3.8) is 0 Å². The highest BCUT2D eigenvalue weighted by atomic mass is 79.9. The van der Waals surface area contributed by atoms with E-state index in [0.717, 1.165) is 55.6 Å². The molecule has 0 amide bonds. The Morgan fingerprint density at radius 3 is 2.49 bits per heavy atom. The average molecular weight is 604 g/mol. The van der Waals surface area contributed by atoms with Crippen LogP contribution in [0.2, 0.25) is 0 Å². The third kappa shape index (κ3) is 4.40. The van der Waals surface area contributed by atoms with E-state index >= 15 is 0 Å². The molecule has 3 heterocycles. The first-order valence-corrected chi connectivity index (χ1v) is 14.4. The number of para-hydroxylation sites is 5. The number of hydrogen-bond acceptors (Lipinski definition) is 6. The van der Waals surface area contributed by atoms with Crippen molar-refractivity contribution in [2.45, 2.75) is 19.9 Å². The Labute approximate surface area is 247 Å². The van der Waals surface area contributed by atoms with Crippen LogP contribution in [0.5, 0.6) is 5.75 Å². The van der Waals surface area contributed by atoms with Gasteiger partial charge in [-0.1, -0.05) is 70.5 Å². The smallest absolute Gasteiger partial charge is 0.179 e. The number of amidine groups is 2. The number of nitrogens with zero attached hydrogens (tertiary/aromatic N) is 5. The van der Waals surface area contributed by atoms with Gasteiger partial charge >= 0.3 is 0 Å². The van der Waals surface area contributed by atoms with Gasteiger partial charge in [0, 0.05) is 10.0 Å². The second-order valence-corrected chi connectivity index (χ2v) is 10.8. The molecule has 1 atom stereocenters. The minimum absolute atomic E-state index is 0.192. The molecular weight excluding hydrogens is 576 g/mol. The molecule has 0 spiro atoms. The summed E-state index contributed by atoms with van der Waals surface area (Å²) in [4.78, 5) is 12.7. The van der Waals surface area contributed by atoms with Crippen LogP contribution >= 0.6 is 15.9 Å². The number of ether oxygens (including phenoxy) is 1. The minimum atomic E-state index is -0.192. The fourth-order valence-corrected chi connectivity index (χ4v) is 5.93. The fourth-order valence-electron chi connectivity index (χ4n) is 5.52. The number of benzene rings is 4. The second kappa shape index (κ2) is 10.4. The van der Waals surface area contributed by atoms with Gasteiger partial charge in [0.25, 0.3) is 0 Å². The summed E-state index contributed by atoms with van der Waals surface area (Å²) < 4.78 is 8.88. The van der Waals surface area contributed by atoms with Gasteiger partial charge in [0.15, 0.2) is 17.5 Å². The molecule has 4 aromatic carbocycles. The van der Waals surface area contributed by atoms with Gasteiger partial charge in [0.1, 0.15) is 5.75 Å². The van der Waals surface area contributed by atoms with Crippen LogP contribution in [0.3, 0.4) is 0 Å². The molecule has 2 aliphatic rings. The molecule has 202 valence electrons. The quantitative estimate of drug-likeness (QED) is 0.220. The molecule has 8 heteroatoms. The van der Waals surface area contributed by atoms with Crippen LogP contribution in [0.1, 0.15) is 29.8 Å². The van der Waals surface area contributed by atoms with Crippen molar-refractivity contribution in [3.8, 4) is 11.4 Å². The van der Waals surface area contributed by atoms with Crippen molar-refractivity contribution < 1.29 is 4.74 Å². The molecule has 2 aliphatic heterocycles. The summed E-state index contributed by atoms with van der Waals surface area (Å²) in [5.41, 5.74) is 6.72. The Hall–Kier alpha value is -4.69. The highest BCUT2D eigenvalue weighted by Crippen LogP contribution is 2.48. The Bertz CT molecular complexity index is 1830. The van der Waals surface area contributed by atoms with E-state index in [-0.39, 0.29) is 6.04 Å². The monoisotopic (exact) mass is 602 g/mol. The zero-order valence-corrected chi connectivity index (χ0v) is 24.2. The van der Waals surface area contributed by atoms with Crippen molar-refractivity contribution >= 4 is 50.5 Å². The lowest BCUT2D eigenvalue weighted by molar-refractivity contribution is 0.342. The molecule has 0 bridgehead atoms. The lowest BCUT2D eigenvalue weighted by Gasteiger charge is -2.40. The number of hydrogen-bond donors (Lipinski definition) is 1. The summed E-state index contributed by atoms with van der Waals surface area (Å²) in [5.74, 6) is 2.90. The van der Waals surface area contributed by atoms with Crippen LogP contribution in [0.25, 0.3) is 5.69 Å². The van der Waals surface area contributed by atoms with Gasteiger partial charge in [-0.25, -0.2) is 14.7 Å². The first-order chi connectivity index (χ1) is 20.1. The maximum atomic E-state index is 5.93. The van der Waals surface area contributed by atoms with Crippen LogP contribution < -0.4 is 15.0 Å². The molecule has 0 fully saturated rings. The van der Waals surface area contributed by atoms with E-state index < -0.39 is 0 Å². The van der Waals surface area contributed by atoms with E-state index in [4.69, 9.17) is 19.8 Å². The van der Waals surface area contributed by atoms with Crippen molar-refractivity contribution in [1.82, 2.24) is 9.78 Å². The number of aliphatic imine (C=N–C) groups is 2. The lowest BCUT2D eigenvalue weighted by atomic mass is 9.93. The third-order valence-corrected chi connectivity index (χ3v) is 7.74. The van der Waals surface area contributed by atoms with E-state index in [1.807, 2.05) is 78.3 Å². The van der Waals surface area contributed by atoms with E-state index in [1.165, 1.54) is 0 Å². The molecule has 7 rings (SSSR count). The predicted molar refractivity (Wildman–Crippen MR) is 169 cm³/mol. The van der Waals surface area contributed by atoms with Crippen molar-refractivity contribution in [2.24, 2.45) is 9.98 Å². The van der Waals surface area contributed by atoms with Crippen LogP contribution in [-0.4, -0.2) is 28.1 Å². The maximum Gasteiger partial charge on any atom is 0.179 e. The summed E-state index contributed by atoms with van der Waals surface area (Å²) in [6.07, 6.45) is 0. The van der Waals surface area contributed by atoms with E-state index in [9.17, 15) is 0 Å². The predicted octanol–water partition coefficient (Wildman–Crippen LogP) is 8.14. The van der Waals surface area contributed by atoms with E-state index in [2.05, 4.69) is 69.5 Å². The molecule has 7 nitrogen and oxygen atoms in total. The van der Waals surface area contributed by atoms with Gasteiger partial charge in [-0.2, -0.15) is 5.10 Å². The van der Waals surface area contributed by atoms with Crippen LogP contribution in [-0.2, 0) is 0 Å². The van der Waals surface area contributed by atoms with Crippen molar-refractivity contribution in [2.75, 3.05) is 16.8 Å². The molecule has 0 aliphatic carbocycles. The Balaban J connectivity index is 1.49. The Morgan fingerprint density at radius 2 is 1.66 bits per heavy atom. The van der Waals surface area contributed by atoms with Gasteiger partial charge in [-0.05, 0) is 67.9 Å². The number of anilines is 2. The molecular formula is C33H27BrN6O. The fraction of sp³-hybridized carbons (Fsp3) is 0.121. The molecule has 1 aromatic heterocycles. The van der Waals surface area contributed by atoms with Gasteiger partial charge in [0.05, 0.1) is 41.1 Å². The van der Waals surface area contributed by atoms with Gasteiger partial charge < -0.3 is 15.0 Å². The number of aromatic nitrogens is 2. The zero-order valence-electron chi connectivity index (χ0n) is 22.6. The van der Waals surface area contributed by atoms with Crippen molar-refractivity contribution in [1.29, 1.82) is 0 Å². The molecule has 0 radical (unpaired) electrons. The highest BCUT2D eigenvalue weighted by Gasteiger charge is 2.41. The van der Waals surface area contributed by atoms with Gasteiger partial charge in [-0.3, -0.25) is 0 Å². The lowest BCUT2D eigenvalue weighted by Crippen LogP contribution is -2.46.